The van der Waals surface area contributed by atoms with Gasteiger partial charge in [0.25, 0.3) is 0 Å². The topological polar surface area (TPSA) is 32.8 Å². The van der Waals surface area contributed by atoms with Crippen LogP contribution in [-0.4, -0.2) is 9.55 Å². The van der Waals surface area contributed by atoms with Crippen LogP contribution in [0, 0.1) is 0 Å². The Bertz CT molecular complexity index is 3820. The minimum atomic E-state index is 0.704. The summed E-state index contributed by atoms with van der Waals surface area (Å²) in [5, 5.41) is 8.71. The molecule has 9 aromatic rings. The highest BCUT2D eigenvalue weighted by Gasteiger charge is 2.24. The summed E-state index contributed by atoms with van der Waals surface area (Å²) in [6, 6.07) is 54.8. The summed E-state index contributed by atoms with van der Waals surface area (Å²) in [5.74, 6) is 0.704. The zero-order valence-corrected chi connectivity index (χ0v) is 42.6. The number of para-hydroxylation sites is 2. The van der Waals surface area contributed by atoms with Gasteiger partial charge in [-0.2, -0.15) is 0 Å². The van der Waals surface area contributed by atoms with Gasteiger partial charge in [-0.05, 0) is 157 Å². The Balaban J connectivity index is 0.000000176. The third-order valence-electron chi connectivity index (χ3n) is 14.5. The van der Waals surface area contributed by atoms with Crippen LogP contribution in [0.5, 0.6) is 0 Å². The van der Waals surface area contributed by atoms with Gasteiger partial charge in [-0.25, -0.2) is 0 Å². The summed E-state index contributed by atoms with van der Waals surface area (Å²) >= 11 is 0. The Morgan fingerprint density at radius 2 is 1.46 bits per heavy atom. The number of anilines is 2. The van der Waals surface area contributed by atoms with Crippen molar-refractivity contribution in [3.8, 4) is 22.3 Å². The second-order valence-electron chi connectivity index (χ2n) is 19.0. The van der Waals surface area contributed by atoms with Crippen molar-refractivity contribution in [1.29, 1.82) is 0 Å². The number of H-pyrrole nitrogens is 1. The number of aromatic amines is 1. The molecule has 12 rings (SSSR count). The summed E-state index contributed by atoms with van der Waals surface area (Å²) in [5.41, 5.74) is 24.3. The van der Waals surface area contributed by atoms with E-state index in [1.54, 1.807) is 12.2 Å². The van der Waals surface area contributed by atoms with Crippen LogP contribution < -0.4 is 5.32 Å². The predicted molar refractivity (Wildman–Crippen MR) is 323 cm³/mol. The first-order valence-electron chi connectivity index (χ1n) is 26.0. The highest BCUT2D eigenvalue weighted by atomic mass is 15.0. The van der Waals surface area contributed by atoms with Crippen molar-refractivity contribution in [2.24, 2.45) is 0 Å². The van der Waals surface area contributed by atoms with Gasteiger partial charge in [0.05, 0.1) is 16.6 Å². The molecule has 0 radical (unpaired) electrons. The Morgan fingerprint density at radius 3 is 2.22 bits per heavy atom. The van der Waals surface area contributed by atoms with Crippen LogP contribution >= 0.6 is 0 Å². The first-order valence-corrected chi connectivity index (χ1v) is 26.0. The van der Waals surface area contributed by atoms with Crippen LogP contribution in [-0.2, 0) is 0 Å². The lowest BCUT2D eigenvalue weighted by atomic mass is 9.75. The molecule has 2 N–H and O–H groups in total. The smallest absolute Gasteiger partial charge is 0.0565 e. The van der Waals surface area contributed by atoms with Crippen LogP contribution in [0.1, 0.15) is 68.6 Å². The first-order chi connectivity index (χ1) is 36.5. The number of hydrogen-bond donors (Lipinski definition) is 2. The van der Waals surface area contributed by atoms with Crippen molar-refractivity contribution in [1.82, 2.24) is 9.55 Å². The minimum Gasteiger partial charge on any atom is -0.355 e. The fourth-order valence-corrected chi connectivity index (χ4v) is 10.6. The Morgan fingerprint density at radius 1 is 0.703 bits per heavy atom. The number of aromatic nitrogens is 2. The van der Waals surface area contributed by atoms with Gasteiger partial charge >= 0.3 is 0 Å². The quantitative estimate of drug-likeness (QED) is 0.0983. The molecule has 3 aliphatic carbocycles. The van der Waals surface area contributed by atoms with Crippen molar-refractivity contribution in [2.45, 2.75) is 51.9 Å². The molecule has 74 heavy (non-hydrogen) atoms. The van der Waals surface area contributed by atoms with E-state index in [1.807, 2.05) is 37.3 Å². The maximum absolute atomic E-state index is 4.09. The third-order valence-corrected chi connectivity index (χ3v) is 14.5. The number of nitrogens with zero attached hydrogens (tertiary/aromatic N) is 1. The van der Waals surface area contributed by atoms with E-state index in [1.165, 1.54) is 96.4 Å². The molecule has 0 saturated heterocycles. The summed E-state index contributed by atoms with van der Waals surface area (Å²) < 4.78 is 2.34. The van der Waals surface area contributed by atoms with Crippen molar-refractivity contribution in [3.05, 3.63) is 278 Å². The number of allylic oxidation sites excluding steroid dienone is 16. The first kappa shape index (κ1) is 48.7. The molecule has 0 bridgehead atoms. The van der Waals surface area contributed by atoms with E-state index in [9.17, 15) is 0 Å². The van der Waals surface area contributed by atoms with Gasteiger partial charge in [-0.15, -0.1) is 5.73 Å². The monoisotopic (exact) mass is 958 g/mol. The van der Waals surface area contributed by atoms with E-state index < -0.39 is 0 Å². The Hall–Kier alpha value is -8.88. The van der Waals surface area contributed by atoms with Crippen LogP contribution in [0.15, 0.2) is 262 Å². The van der Waals surface area contributed by atoms with Crippen molar-refractivity contribution in [3.63, 3.8) is 0 Å². The second-order valence-corrected chi connectivity index (χ2v) is 19.0. The van der Waals surface area contributed by atoms with Crippen molar-refractivity contribution >= 4 is 71.8 Å². The fraction of sp³-hybridized carbons (Fsp3) is 0.113. The molecule has 7 aromatic carbocycles. The molecule has 3 aliphatic rings. The predicted octanol–water partition coefficient (Wildman–Crippen LogP) is 20.2. The van der Waals surface area contributed by atoms with Gasteiger partial charge in [0.1, 0.15) is 0 Å². The zero-order chi connectivity index (χ0) is 50.8. The van der Waals surface area contributed by atoms with Gasteiger partial charge in [-0.1, -0.05) is 196 Å². The number of fused-ring (bicyclic) bond motifs is 6. The number of rotatable bonds is 11. The van der Waals surface area contributed by atoms with Gasteiger partial charge in [0.2, 0.25) is 0 Å². The zero-order valence-electron chi connectivity index (χ0n) is 42.6. The van der Waals surface area contributed by atoms with E-state index in [-0.39, 0.29) is 0 Å². The van der Waals surface area contributed by atoms with Crippen molar-refractivity contribution in [2.75, 3.05) is 5.32 Å². The molecule has 3 heteroatoms. The standard InChI is InChI=1S/C42H40N2.C25H17N.C4H6/c1-4-6-13-29(5-2)36-25-26-40(41-37-17-9-10-18-39(37)44-42(36)41)43-33-22-19-30(20-23-33)32-21-24-35(31-14-11-15-31)38(27-32)34-16-8-7-12-28(34)3;1-2-7-14-20(13-6-1)26-23-17-9-8-15-22(23)25-21(16-10-18-24(25)26)19-11-4-3-5-12-19;1-3-4-2/h4-6,8-10,13,16-27,31,43-44H,2,7,11-12,14-15H2,1,3H3;1,3-18H;3-4H,1-2H2/b6-4-,29-13+;;. The van der Waals surface area contributed by atoms with Crippen LogP contribution in [0.25, 0.3) is 82.7 Å². The SMILES string of the molecule is C1=CC=CC(n2c3ccccc3c3c(-c4ccccc4)cccc32)=CC=1.C=C/C(=C\C=C/C)c1ccc(Nc2ccc(-c3ccc(C4CCC4)c(C4=C(C)CCC=C4)c3)cc2)c2c1[nH]c1ccccc12.C=CC=C. The highest BCUT2D eigenvalue weighted by molar-refractivity contribution is 6.18. The Kier molecular flexibility index (Phi) is 14.9. The van der Waals surface area contributed by atoms with Crippen molar-refractivity contribution < 1.29 is 0 Å². The van der Waals surface area contributed by atoms with E-state index >= 15 is 0 Å². The average Bonchev–Trinajstić information content (AvgIpc) is 3.87. The van der Waals surface area contributed by atoms with E-state index in [4.69, 9.17) is 0 Å². The molecule has 0 aliphatic heterocycles. The Labute approximate surface area is 437 Å². The highest BCUT2D eigenvalue weighted by Crippen LogP contribution is 2.44. The molecular weight excluding hydrogens is 895 g/mol. The lowest BCUT2D eigenvalue weighted by molar-refractivity contribution is 0.419. The molecule has 0 amide bonds. The molecule has 2 heterocycles. The van der Waals surface area contributed by atoms with Crippen LogP contribution in [0.2, 0.25) is 0 Å². The maximum Gasteiger partial charge on any atom is 0.0565 e. The summed E-state index contributed by atoms with van der Waals surface area (Å²) in [6.45, 7) is 15.2. The van der Waals surface area contributed by atoms with E-state index in [0.29, 0.717) is 5.92 Å². The molecule has 0 spiro atoms. The lowest BCUT2D eigenvalue weighted by Crippen LogP contribution is -2.11. The average molecular weight is 958 g/mol. The van der Waals surface area contributed by atoms with E-state index in [2.05, 4.69) is 235 Å². The summed E-state index contributed by atoms with van der Waals surface area (Å²) in [7, 11) is 0. The molecule has 3 nitrogen and oxygen atoms in total. The second kappa shape index (κ2) is 22.7. The number of nitrogens with one attached hydrogen (secondary N) is 2. The normalized spacial score (nSPS) is 14.4. The van der Waals surface area contributed by atoms with Gasteiger partial charge in [-0.3, -0.25) is 0 Å². The molecule has 1 fully saturated rings. The number of benzene rings is 7. The van der Waals surface area contributed by atoms with Gasteiger partial charge in [0.15, 0.2) is 0 Å². The lowest BCUT2D eigenvalue weighted by Gasteiger charge is -2.29. The molecular formula is C71H63N3. The van der Waals surface area contributed by atoms with Crippen LogP contribution in [0.4, 0.5) is 11.4 Å². The maximum atomic E-state index is 4.09. The number of hydrogen-bond acceptors (Lipinski definition) is 1. The van der Waals surface area contributed by atoms with Crippen LogP contribution in [0.3, 0.4) is 0 Å². The summed E-state index contributed by atoms with van der Waals surface area (Å²) in [4.78, 5) is 3.69. The largest absolute Gasteiger partial charge is 0.355 e. The van der Waals surface area contributed by atoms with Gasteiger partial charge < -0.3 is 14.9 Å². The fourth-order valence-electron chi connectivity index (χ4n) is 10.6. The molecule has 2 aromatic heterocycles. The summed E-state index contributed by atoms with van der Waals surface area (Å²) in [6.07, 6.45) is 32.6. The molecule has 0 unspecified atom stereocenters. The third kappa shape index (κ3) is 9.99. The molecule has 362 valence electrons. The molecule has 1 saturated carbocycles. The van der Waals surface area contributed by atoms with Gasteiger partial charge in [0, 0.05) is 49.7 Å². The molecule has 0 atom stereocenters. The minimum absolute atomic E-state index is 0.704. The van der Waals surface area contributed by atoms with E-state index in [0.717, 1.165) is 52.1 Å².